The number of hydrogen-bond donors (Lipinski definition) is 0. The van der Waals surface area contributed by atoms with Crippen molar-refractivity contribution in [3.05, 3.63) is 12.7 Å². The van der Waals surface area contributed by atoms with Crippen molar-refractivity contribution in [1.29, 1.82) is 0 Å². The summed E-state index contributed by atoms with van der Waals surface area (Å²) in [5.74, 6) is 0. The molecule has 0 aromatic carbocycles. The second-order valence-electron chi connectivity index (χ2n) is 3.92. The monoisotopic (exact) mass is 194 g/mol. The number of alkyl halides is 3. The predicted octanol–water partition coefficient (Wildman–Crippen LogP) is 4.32. The van der Waals surface area contributed by atoms with Crippen LogP contribution in [0.4, 0.5) is 13.2 Å². The van der Waals surface area contributed by atoms with Crippen LogP contribution in [-0.2, 0) is 0 Å². The van der Waals surface area contributed by atoms with E-state index in [4.69, 9.17) is 0 Å². The summed E-state index contributed by atoms with van der Waals surface area (Å²) in [5, 5.41) is 0. The van der Waals surface area contributed by atoms with Crippen LogP contribution in [0.5, 0.6) is 0 Å². The lowest BCUT2D eigenvalue weighted by molar-refractivity contribution is -0.214. The van der Waals surface area contributed by atoms with Gasteiger partial charge in [0.2, 0.25) is 0 Å². The van der Waals surface area contributed by atoms with Crippen LogP contribution in [0, 0.1) is 5.41 Å². The smallest absolute Gasteiger partial charge is 0.171 e. The quantitative estimate of drug-likeness (QED) is 0.451. The highest BCUT2D eigenvalue weighted by Crippen LogP contribution is 2.41. The molecule has 0 saturated carbocycles. The predicted molar refractivity (Wildman–Crippen MR) is 48.5 cm³/mol. The third-order valence-electron chi connectivity index (χ3n) is 2.23. The summed E-state index contributed by atoms with van der Waals surface area (Å²) in [6.07, 6.45) is 0.0571. The third-order valence-corrected chi connectivity index (χ3v) is 2.23. The first-order chi connectivity index (χ1) is 5.81. The van der Waals surface area contributed by atoms with E-state index >= 15 is 0 Å². The van der Waals surface area contributed by atoms with Gasteiger partial charge >= 0.3 is 6.18 Å². The summed E-state index contributed by atoms with van der Waals surface area (Å²) in [6.45, 7) is 6.02. The van der Waals surface area contributed by atoms with Crippen LogP contribution in [0.1, 0.15) is 39.5 Å². The highest BCUT2D eigenvalue weighted by Gasteiger charge is 2.46. The molecule has 0 N–H and O–H groups in total. The minimum atomic E-state index is -4.08. The lowest BCUT2D eigenvalue weighted by atomic mass is 9.86. The highest BCUT2D eigenvalue weighted by molar-refractivity contribution is 4.77. The molecule has 0 bridgehead atoms. The molecule has 0 unspecified atom stereocenters. The number of halogens is 3. The summed E-state index contributed by atoms with van der Waals surface area (Å²) < 4.78 is 37.0. The van der Waals surface area contributed by atoms with Crippen molar-refractivity contribution in [2.24, 2.45) is 5.41 Å². The van der Waals surface area contributed by atoms with Crippen LogP contribution in [0.3, 0.4) is 0 Å². The van der Waals surface area contributed by atoms with Gasteiger partial charge in [0.15, 0.2) is 0 Å². The van der Waals surface area contributed by atoms with Crippen LogP contribution in [0.25, 0.3) is 0 Å². The lowest BCUT2D eigenvalue weighted by Crippen LogP contribution is -2.31. The number of unbranched alkanes of at least 4 members (excludes halogenated alkanes) is 2. The van der Waals surface area contributed by atoms with Gasteiger partial charge < -0.3 is 0 Å². The number of rotatable bonds is 5. The van der Waals surface area contributed by atoms with Gasteiger partial charge in [0.1, 0.15) is 0 Å². The first-order valence-electron chi connectivity index (χ1n) is 4.49. The van der Waals surface area contributed by atoms with E-state index in [0.717, 1.165) is 12.8 Å². The molecule has 0 fully saturated rings. The number of hydrogen-bond acceptors (Lipinski definition) is 0. The molecule has 0 rings (SSSR count). The van der Waals surface area contributed by atoms with Crippen LogP contribution >= 0.6 is 0 Å². The van der Waals surface area contributed by atoms with Gasteiger partial charge in [0.25, 0.3) is 0 Å². The second kappa shape index (κ2) is 4.68. The minimum absolute atomic E-state index is 0.199. The Morgan fingerprint density at radius 3 is 2.08 bits per heavy atom. The average Bonchev–Trinajstić information content (AvgIpc) is 1.96. The molecule has 0 spiro atoms. The van der Waals surface area contributed by atoms with Crippen molar-refractivity contribution in [2.75, 3.05) is 0 Å². The Bertz CT molecular complexity index is 156. The standard InChI is InChI=1S/C10H17F3/c1-4-5-6-7-8-9(2,3)10(11,12)13/h4H,1,5-8H2,2-3H3. The zero-order chi connectivity index (χ0) is 10.5. The Labute approximate surface area is 77.8 Å². The van der Waals surface area contributed by atoms with E-state index in [0.29, 0.717) is 6.42 Å². The molecule has 0 amide bonds. The van der Waals surface area contributed by atoms with E-state index in [1.54, 1.807) is 6.08 Å². The van der Waals surface area contributed by atoms with Crippen molar-refractivity contribution in [3.8, 4) is 0 Å². The van der Waals surface area contributed by atoms with Gasteiger partial charge in [-0.2, -0.15) is 13.2 Å². The Morgan fingerprint density at radius 1 is 1.15 bits per heavy atom. The maximum atomic E-state index is 12.3. The van der Waals surface area contributed by atoms with Gasteiger partial charge in [0.05, 0.1) is 5.41 Å². The lowest BCUT2D eigenvalue weighted by Gasteiger charge is -2.27. The molecule has 78 valence electrons. The molecule has 0 aliphatic rings. The fraction of sp³-hybridized carbons (Fsp3) is 0.800. The van der Waals surface area contributed by atoms with Gasteiger partial charge in [-0.3, -0.25) is 0 Å². The molecule has 0 aliphatic heterocycles. The molecule has 0 heterocycles. The summed E-state index contributed by atoms with van der Waals surface area (Å²) >= 11 is 0. The van der Waals surface area contributed by atoms with Crippen molar-refractivity contribution in [1.82, 2.24) is 0 Å². The summed E-state index contributed by atoms with van der Waals surface area (Å²) in [5.41, 5.74) is -1.55. The third kappa shape index (κ3) is 4.34. The van der Waals surface area contributed by atoms with Crippen LogP contribution in [0.15, 0.2) is 12.7 Å². The molecule has 3 heteroatoms. The Kier molecular flexibility index (Phi) is 4.51. The van der Waals surface area contributed by atoms with E-state index in [1.807, 2.05) is 0 Å². The SMILES string of the molecule is C=CCCCCC(C)(C)C(F)(F)F. The topological polar surface area (TPSA) is 0 Å². The second-order valence-corrected chi connectivity index (χ2v) is 3.92. The molecule has 0 aromatic rings. The molecular weight excluding hydrogens is 177 g/mol. The minimum Gasteiger partial charge on any atom is -0.171 e. The maximum Gasteiger partial charge on any atom is 0.393 e. The zero-order valence-electron chi connectivity index (χ0n) is 8.25. The maximum absolute atomic E-state index is 12.3. The molecule has 0 aliphatic carbocycles. The molecular formula is C10H17F3. The van der Waals surface area contributed by atoms with Crippen molar-refractivity contribution in [3.63, 3.8) is 0 Å². The van der Waals surface area contributed by atoms with Gasteiger partial charge in [-0.15, -0.1) is 6.58 Å². The van der Waals surface area contributed by atoms with Gasteiger partial charge in [0, 0.05) is 0 Å². The summed E-state index contributed by atoms with van der Waals surface area (Å²) in [7, 11) is 0. The molecule has 0 aromatic heterocycles. The van der Waals surface area contributed by atoms with Gasteiger partial charge in [-0.05, 0) is 19.3 Å². The average molecular weight is 194 g/mol. The van der Waals surface area contributed by atoms with E-state index in [2.05, 4.69) is 6.58 Å². The first-order valence-corrected chi connectivity index (χ1v) is 4.49. The van der Waals surface area contributed by atoms with E-state index in [-0.39, 0.29) is 6.42 Å². The van der Waals surface area contributed by atoms with Crippen molar-refractivity contribution < 1.29 is 13.2 Å². The first kappa shape index (κ1) is 12.5. The van der Waals surface area contributed by atoms with E-state index < -0.39 is 11.6 Å². The van der Waals surface area contributed by atoms with E-state index in [9.17, 15) is 13.2 Å². The fourth-order valence-corrected chi connectivity index (χ4v) is 0.997. The molecule has 0 atom stereocenters. The Hall–Kier alpha value is -0.470. The van der Waals surface area contributed by atoms with Crippen LogP contribution in [-0.4, -0.2) is 6.18 Å². The normalized spacial score (nSPS) is 13.0. The molecule has 13 heavy (non-hydrogen) atoms. The molecule has 0 nitrogen and oxygen atoms in total. The Morgan fingerprint density at radius 2 is 1.69 bits per heavy atom. The summed E-state index contributed by atoms with van der Waals surface area (Å²) in [6, 6.07) is 0. The fourth-order valence-electron chi connectivity index (χ4n) is 0.997. The van der Waals surface area contributed by atoms with Crippen LogP contribution < -0.4 is 0 Å². The van der Waals surface area contributed by atoms with Crippen molar-refractivity contribution in [2.45, 2.75) is 45.7 Å². The largest absolute Gasteiger partial charge is 0.393 e. The number of allylic oxidation sites excluding steroid dienone is 1. The van der Waals surface area contributed by atoms with Gasteiger partial charge in [-0.1, -0.05) is 26.3 Å². The Balaban J connectivity index is 3.83. The molecule has 0 radical (unpaired) electrons. The van der Waals surface area contributed by atoms with Crippen LogP contribution in [0.2, 0.25) is 0 Å². The molecule has 0 saturated heterocycles. The van der Waals surface area contributed by atoms with Crippen molar-refractivity contribution >= 4 is 0 Å². The zero-order valence-corrected chi connectivity index (χ0v) is 8.25. The highest BCUT2D eigenvalue weighted by atomic mass is 19.4. The summed E-state index contributed by atoms with van der Waals surface area (Å²) in [4.78, 5) is 0. The van der Waals surface area contributed by atoms with E-state index in [1.165, 1.54) is 13.8 Å². The van der Waals surface area contributed by atoms with Gasteiger partial charge in [-0.25, -0.2) is 0 Å².